The number of aryl methyl sites for hydroxylation is 2. The van der Waals surface area contributed by atoms with Crippen LogP contribution in [0.3, 0.4) is 0 Å². The van der Waals surface area contributed by atoms with Crippen molar-refractivity contribution in [2.75, 3.05) is 39.3 Å². The van der Waals surface area contributed by atoms with E-state index in [2.05, 4.69) is 50.0 Å². The molecule has 19 heavy (non-hydrogen) atoms. The van der Waals surface area contributed by atoms with Gasteiger partial charge < -0.3 is 15.0 Å². The van der Waals surface area contributed by atoms with Gasteiger partial charge in [0.25, 0.3) is 0 Å². The van der Waals surface area contributed by atoms with E-state index in [-0.39, 0.29) is 0 Å². The lowest BCUT2D eigenvalue weighted by Gasteiger charge is -2.18. The molecule has 0 heterocycles. The monoisotopic (exact) mass is 264 g/mol. The van der Waals surface area contributed by atoms with Crippen LogP contribution in [0.25, 0.3) is 0 Å². The van der Waals surface area contributed by atoms with Crippen LogP contribution in [0.1, 0.15) is 25.0 Å². The van der Waals surface area contributed by atoms with Crippen molar-refractivity contribution >= 4 is 0 Å². The summed E-state index contributed by atoms with van der Waals surface area (Å²) in [5, 5.41) is 3.41. The van der Waals surface area contributed by atoms with Gasteiger partial charge in [-0.2, -0.15) is 0 Å². The van der Waals surface area contributed by atoms with Crippen molar-refractivity contribution in [3.05, 3.63) is 29.3 Å². The Morgan fingerprint density at radius 2 is 1.79 bits per heavy atom. The molecule has 1 aromatic carbocycles. The Kier molecular flexibility index (Phi) is 7.53. The highest BCUT2D eigenvalue weighted by Gasteiger charge is 1.99. The van der Waals surface area contributed by atoms with Crippen LogP contribution < -0.4 is 10.1 Å². The number of rotatable bonds is 9. The fraction of sp³-hybridized carbons (Fsp3) is 0.625. The molecular formula is C16H28N2O. The number of hydrogen-bond acceptors (Lipinski definition) is 3. The smallest absolute Gasteiger partial charge is 0.119 e. The van der Waals surface area contributed by atoms with Crippen LogP contribution in [0.15, 0.2) is 18.2 Å². The van der Waals surface area contributed by atoms with E-state index in [0.717, 1.165) is 45.1 Å². The third kappa shape index (κ3) is 6.08. The first-order valence-corrected chi connectivity index (χ1v) is 7.30. The van der Waals surface area contributed by atoms with E-state index in [1.165, 1.54) is 11.1 Å². The third-order valence-corrected chi connectivity index (χ3v) is 3.53. The van der Waals surface area contributed by atoms with Crippen LogP contribution in [0.5, 0.6) is 5.75 Å². The van der Waals surface area contributed by atoms with E-state index in [1.54, 1.807) is 0 Å². The standard InChI is InChI=1S/C16H28N2O/c1-5-18(6-2)11-9-17-10-12-19-16-8-7-14(3)15(4)13-16/h7-8,13,17H,5-6,9-12H2,1-4H3. The zero-order valence-electron chi connectivity index (χ0n) is 12.8. The predicted molar refractivity (Wildman–Crippen MR) is 82.1 cm³/mol. The molecule has 0 aliphatic carbocycles. The number of ether oxygens (including phenoxy) is 1. The molecule has 3 heteroatoms. The van der Waals surface area contributed by atoms with Gasteiger partial charge in [-0.05, 0) is 50.2 Å². The molecule has 0 saturated heterocycles. The Labute approximate surface area is 118 Å². The highest BCUT2D eigenvalue weighted by molar-refractivity contribution is 5.33. The number of hydrogen-bond donors (Lipinski definition) is 1. The molecule has 108 valence electrons. The summed E-state index contributed by atoms with van der Waals surface area (Å²) in [5.74, 6) is 0.966. The van der Waals surface area contributed by atoms with Crippen LogP contribution >= 0.6 is 0 Å². The van der Waals surface area contributed by atoms with Gasteiger partial charge in [-0.25, -0.2) is 0 Å². The maximum atomic E-state index is 5.73. The van der Waals surface area contributed by atoms with Gasteiger partial charge in [0.2, 0.25) is 0 Å². The Morgan fingerprint density at radius 3 is 2.42 bits per heavy atom. The highest BCUT2D eigenvalue weighted by atomic mass is 16.5. The fourth-order valence-corrected chi connectivity index (χ4v) is 1.95. The number of benzene rings is 1. The molecule has 0 fully saturated rings. The molecule has 0 aromatic heterocycles. The van der Waals surface area contributed by atoms with E-state index in [1.807, 2.05) is 6.07 Å². The minimum Gasteiger partial charge on any atom is -0.492 e. The Morgan fingerprint density at radius 1 is 1.05 bits per heavy atom. The van der Waals surface area contributed by atoms with Gasteiger partial charge in [0, 0.05) is 19.6 Å². The molecule has 1 N–H and O–H groups in total. The van der Waals surface area contributed by atoms with E-state index in [0.29, 0.717) is 0 Å². The van der Waals surface area contributed by atoms with Crippen LogP contribution in [0.4, 0.5) is 0 Å². The van der Waals surface area contributed by atoms with Crippen molar-refractivity contribution < 1.29 is 4.74 Å². The maximum absolute atomic E-state index is 5.73. The lowest BCUT2D eigenvalue weighted by Crippen LogP contribution is -2.33. The molecule has 0 amide bonds. The number of nitrogens with zero attached hydrogens (tertiary/aromatic N) is 1. The minimum absolute atomic E-state index is 0.723. The molecule has 1 rings (SSSR count). The zero-order chi connectivity index (χ0) is 14.1. The van der Waals surface area contributed by atoms with Gasteiger partial charge in [-0.15, -0.1) is 0 Å². The Hall–Kier alpha value is -1.06. The van der Waals surface area contributed by atoms with Gasteiger partial charge in [-0.1, -0.05) is 19.9 Å². The van der Waals surface area contributed by atoms with Crippen molar-refractivity contribution in [2.45, 2.75) is 27.7 Å². The molecule has 0 unspecified atom stereocenters. The van der Waals surface area contributed by atoms with Gasteiger partial charge in [0.15, 0.2) is 0 Å². The largest absolute Gasteiger partial charge is 0.492 e. The molecule has 0 bridgehead atoms. The van der Waals surface area contributed by atoms with E-state index >= 15 is 0 Å². The van der Waals surface area contributed by atoms with Crippen molar-refractivity contribution in [2.24, 2.45) is 0 Å². The van der Waals surface area contributed by atoms with E-state index < -0.39 is 0 Å². The SMILES string of the molecule is CCN(CC)CCNCCOc1ccc(C)c(C)c1. The Balaban J connectivity index is 2.12. The number of likely N-dealkylation sites (N-methyl/N-ethyl adjacent to an activating group) is 1. The first kappa shape index (κ1) is 16.0. The normalized spacial score (nSPS) is 11.0. The van der Waals surface area contributed by atoms with Crippen LogP contribution in [0.2, 0.25) is 0 Å². The summed E-state index contributed by atoms with van der Waals surface area (Å²) in [5.41, 5.74) is 2.59. The topological polar surface area (TPSA) is 24.5 Å². The lowest BCUT2D eigenvalue weighted by atomic mass is 10.1. The van der Waals surface area contributed by atoms with Crippen molar-refractivity contribution in [1.82, 2.24) is 10.2 Å². The van der Waals surface area contributed by atoms with E-state index in [9.17, 15) is 0 Å². The molecule has 0 aliphatic heterocycles. The molecule has 0 spiro atoms. The Bertz CT molecular complexity index is 362. The zero-order valence-corrected chi connectivity index (χ0v) is 12.8. The molecule has 1 aromatic rings. The fourth-order valence-electron chi connectivity index (χ4n) is 1.95. The second-order valence-electron chi connectivity index (χ2n) is 4.87. The van der Waals surface area contributed by atoms with Crippen molar-refractivity contribution in [3.8, 4) is 5.75 Å². The van der Waals surface area contributed by atoms with Crippen molar-refractivity contribution in [1.29, 1.82) is 0 Å². The van der Waals surface area contributed by atoms with Crippen LogP contribution in [0, 0.1) is 13.8 Å². The maximum Gasteiger partial charge on any atom is 0.119 e. The molecular weight excluding hydrogens is 236 g/mol. The third-order valence-electron chi connectivity index (χ3n) is 3.53. The summed E-state index contributed by atoms with van der Waals surface area (Å²) in [6, 6.07) is 6.25. The molecule has 0 atom stereocenters. The molecule has 0 saturated carbocycles. The number of nitrogens with one attached hydrogen (secondary N) is 1. The van der Waals surface area contributed by atoms with Gasteiger partial charge in [-0.3, -0.25) is 0 Å². The summed E-state index contributed by atoms with van der Waals surface area (Å²) in [6.07, 6.45) is 0. The van der Waals surface area contributed by atoms with Crippen LogP contribution in [-0.2, 0) is 0 Å². The first-order valence-electron chi connectivity index (χ1n) is 7.30. The second kappa shape index (κ2) is 8.94. The first-order chi connectivity index (χ1) is 9.17. The summed E-state index contributed by atoms with van der Waals surface area (Å²) in [6.45, 7) is 14.6. The lowest BCUT2D eigenvalue weighted by molar-refractivity contribution is 0.285. The van der Waals surface area contributed by atoms with Gasteiger partial charge in [0.1, 0.15) is 12.4 Å². The molecule has 3 nitrogen and oxygen atoms in total. The summed E-state index contributed by atoms with van der Waals surface area (Å²) in [7, 11) is 0. The second-order valence-corrected chi connectivity index (χ2v) is 4.87. The molecule has 0 radical (unpaired) electrons. The van der Waals surface area contributed by atoms with Crippen molar-refractivity contribution in [3.63, 3.8) is 0 Å². The highest BCUT2D eigenvalue weighted by Crippen LogP contribution is 2.15. The average molecular weight is 264 g/mol. The minimum atomic E-state index is 0.723. The molecule has 0 aliphatic rings. The summed E-state index contributed by atoms with van der Waals surface area (Å²) >= 11 is 0. The summed E-state index contributed by atoms with van der Waals surface area (Å²) in [4.78, 5) is 2.41. The van der Waals surface area contributed by atoms with Gasteiger partial charge >= 0.3 is 0 Å². The average Bonchev–Trinajstić information content (AvgIpc) is 2.42. The predicted octanol–water partition coefficient (Wildman–Crippen LogP) is 2.61. The van der Waals surface area contributed by atoms with Gasteiger partial charge in [0.05, 0.1) is 0 Å². The van der Waals surface area contributed by atoms with Crippen LogP contribution in [-0.4, -0.2) is 44.2 Å². The quantitative estimate of drug-likeness (QED) is 0.694. The van der Waals surface area contributed by atoms with E-state index in [4.69, 9.17) is 4.74 Å². The summed E-state index contributed by atoms with van der Waals surface area (Å²) < 4.78 is 5.73.